The number of rotatable bonds is 5. The van der Waals surface area contributed by atoms with E-state index >= 15 is 0 Å². The number of carbonyl (C=O) groups excluding carboxylic acids is 1. The van der Waals surface area contributed by atoms with Crippen molar-refractivity contribution in [2.75, 3.05) is 20.3 Å². The maximum atomic E-state index is 11.3. The Labute approximate surface area is 157 Å². The molecule has 0 saturated carbocycles. The molecular weight excluding hydrogens is 344 g/mol. The quantitative estimate of drug-likeness (QED) is 0.745. The number of aryl methyl sites for hydroxylation is 1. The van der Waals surface area contributed by atoms with Crippen molar-refractivity contribution in [3.8, 4) is 11.3 Å². The molecular formula is C20H22N4O3. The average molecular weight is 366 g/mol. The van der Waals surface area contributed by atoms with Crippen molar-refractivity contribution < 1.29 is 14.3 Å². The van der Waals surface area contributed by atoms with Crippen LogP contribution in [0.2, 0.25) is 0 Å². The lowest BCUT2D eigenvalue weighted by atomic mass is 9.97. The van der Waals surface area contributed by atoms with Gasteiger partial charge in [-0.1, -0.05) is 6.07 Å². The molecule has 140 valence electrons. The number of primary amides is 1. The van der Waals surface area contributed by atoms with Crippen LogP contribution < -0.4 is 5.73 Å². The lowest BCUT2D eigenvalue weighted by Gasteiger charge is -2.25. The van der Waals surface area contributed by atoms with Crippen LogP contribution in [0.25, 0.3) is 22.2 Å². The predicted molar refractivity (Wildman–Crippen MR) is 101 cm³/mol. The summed E-state index contributed by atoms with van der Waals surface area (Å²) in [5.74, 6) is -0.400. The van der Waals surface area contributed by atoms with E-state index in [1.807, 2.05) is 42.1 Å². The van der Waals surface area contributed by atoms with Gasteiger partial charge in [0.15, 0.2) is 0 Å². The van der Waals surface area contributed by atoms with Crippen molar-refractivity contribution in [2.45, 2.75) is 18.4 Å². The topological polar surface area (TPSA) is 92.3 Å². The SMILES string of the molecule is CO[C@]1(c2cccc(-c3cn(C)c4cnc(CC(N)=O)cc34)n2)CCOC1. The van der Waals surface area contributed by atoms with E-state index in [0.29, 0.717) is 18.9 Å². The number of fused-ring (bicyclic) bond motifs is 1. The van der Waals surface area contributed by atoms with Gasteiger partial charge in [-0.2, -0.15) is 0 Å². The average Bonchev–Trinajstić information content (AvgIpc) is 3.27. The van der Waals surface area contributed by atoms with Crippen molar-refractivity contribution in [1.82, 2.24) is 14.5 Å². The van der Waals surface area contributed by atoms with E-state index in [2.05, 4.69) is 4.98 Å². The second-order valence-corrected chi connectivity index (χ2v) is 6.90. The molecule has 1 aliphatic heterocycles. The van der Waals surface area contributed by atoms with Crippen LogP contribution in [0.1, 0.15) is 17.8 Å². The molecule has 7 heteroatoms. The smallest absolute Gasteiger partial charge is 0.223 e. The number of hydrogen-bond donors (Lipinski definition) is 1. The Balaban J connectivity index is 1.82. The van der Waals surface area contributed by atoms with Crippen LogP contribution in [0.5, 0.6) is 0 Å². The van der Waals surface area contributed by atoms with Gasteiger partial charge in [-0.3, -0.25) is 9.78 Å². The highest BCUT2D eigenvalue weighted by Gasteiger charge is 2.38. The molecule has 1 fully saturated rings. The molecule has 0 radical (unpaired) electrons. The molecule has 0 spiro atoms. The van der Waals surface area contributed by atoms with E-state index in [-0.39, 0.29) is 6.42 Å². The first-order valence-corrected chi connectivity index (χ1v) is 8.85. The van der Waals surface area contributed by atoms with Crippen LogP contribution in [0.3, 0.4) is 0 Å². The Morgan fingerprint density at radius 3 is 3.00 bits per heavy atom. The molecule has 4 heterocycles. The number of methoxy groups -OCH3 is 1. The van der Waals surface area contributed by atoms with Gasteiger partial charge in [0, 0.05) is 44.3 Å². The third-order valence-electron chi connectivity index (χ3n) is 5.16. The predicted octanol–water partition coefficient (Wildman–Crippen LogP) is 1.93. The number of ether oxygens (including phenoxy) is 2. The summed E-state index contributed by atoms with van der Waals surface area (Å²) in [6.07, 6.45) is 4.68. The Hall–Kier alpha value is -2.77. The van der Waals surface area contributed by atoms with Crippen molar-refractivity contribution in [3.05, 3.63) is 48.0 Å². The second kappa shape index (κ2) is 6.75. The molecule has 3 aromatic heterocycles. The molecule has 1 aliphatic rings. The number of aromatic nitrogens is 3. The number of amides is 1. The van der Waals surface area contributed by atoms with Gasteiger partial charge in [0.25, 0.3) is 0 Å². The lowest BCUT2D eigenvalue weighted by Crippen LogP contribution is -2.30. The third kappa shape index (κ3) is 3.09. The van der Waals surface area contributed by atoms with Crippen LogP contribution in [-0.2, 0) is 33.3 Å². The molecule has 0 aliphatic carbocycles. The van der Waals surface area contributed by atoms with Crippen LogP contribution in [0, 0.1) is 0 Å². The normalized spacial score (nSPS) is 19.6. The maximum Gasteiger partial charge on any atom is 0.223 e. The zero-order valence-corrected chi connectivity index (χ0v) is 15.4. The van der Waals surface area contributed by atoms with Gasteiger partial charge in [-0.25, -0.2) is 4.98 Å². The van der Waals surface area contributed by atoms with E-state index in [0.717, 1.165) is 34.3 Å². The zero-order chi connectivity index (χ0) is 19.0. The Morgan fingerprint density at radius 1 is 1.44 bits per heavy atom. The van der Waals surface area contributed by atoms with Gasteiger partial charge >= 0.3 is 0 Å². The number of nitrogens with two attached hydrogens (primary N) is 1. The van der Waals surface area contributed by atoms with E-state index in [1.165, 1.54) is 0 Å². The summed E-state index contributed by atoms with van der Waals surface area (Å²) in [6.45, 7) is 1.17. The zero-order valence-electron chi connectivity index (χ0n) is 15.4. The van der Waals surface area contributed by atoms with Gasteiger partial charge in [0.1, 0.15) is 5.60 Å². The number of nitrogens with zero attached hydrogens (tertiary/aromatic N) is 3. The highest BCUT2D eigenvalue weighted by molar-refractivity contribution is 5.95. The van der Waals surface area contributed by atoms with Crippen LogP contribution in [0.15, 0.2) is 36.7 Å². The lowest BCUT2D eigenvalue weighted by molar-refractivity contribution is -0.117. The fraction of sp³-hybridized carbons (Fsp3) is 0.350. The molecule has 0 bridgehead atoms. The standard InChI is InChI=1S/C20H22N4O3/c1-24-11-15(14-8-13(9-19(21)25)22-10-17(14)24)16-4-3-5-18(23-16)20(26-2)6-7-27-12-20/h3-5,8,10-11H,6-7,9,12H2,1-2H3,(H2,21,25)/t20-/m1/s1. The minimum atomic E-state index is -0.501. The Kier molecular flexibility index (Phi) is 4.41. The second-order valence-electron chi connectivity index (χ2n) is 6.90. The van der Waals surface area contributed by atoms with E-state index in [9.17, 15) is 4.79 Å². The van der Waals surface area contributed by atoms with Crippen LogP contribution in [-0.4, -0.2) is 40.8 Å². The van der Waals surface area contributed by atoms with E-state index < -0.39 is 11.5 Å². The Bertz CT molecular complexity index is 1010. The largest absolute Gasteiger partial charge is 0.378 e. The van der Waals surface area contributed by atoms with Crippen molar-refractivity contribution in [3.63, 3.8) is 0 Å². The monoisotopic (exact) mass is 366 g/mol. The van der Waals surface area contributed by atoms with Crippen molar-refractivity contribution in [2.24, 2.45) is 12.8 Å². The third-order valence-corrected chi connectivity index (χ3v) is 5.16. The van der Waals surface area contributed by atoms with E-state index in [1.54, 1.807) is 13.3 Å². The fourth-order valence-electron chi connectivity index (χ4n) is 3.65. The first kappa shape index (κ1) is 17.6. The minimum Gasteiger partial charge on any atom is -0.378 e. The molecule has 0 aromatic carbocycles. The molecule has 7 nitrogen and oxygen atoms in total. The molecule has 1 amide bonds. The fourth-order valence-corrected chi connectivity index (χ4v) is 3.65. The number of hydrogen-bond acceptors (Lipinski definition) is 5. The number of carbonyl (C=O) groups is 1. The van der Waals surface area contributed by atoms with E-state index in [4.69, 9.17) is 20.2 Å². The van der Waals surface area contributed by atoms with Crippen LogP contribution in [0.4, 0.5) is 0 Å². The Morgan fingerprint density at radius 2 is 2.30 bits per heavy atom. The van der Waals surface area contributed by atoms with Gasteiger partial charge < -0.3 is 19.8 Å². The van der Waals surface area contributed by atoms with Gasteiger partial charge in [-0.05, 0) is 18.2 Å². The summed E-state index contributed by atoms with van der Waals surface area (Å²) >= 11 is 0. The first-order valence-electron chi connectivity index (χ1n) is 8.85. The number of pyridine rings is 2. The summed E-state index contributed by atoms with van der Waals surface area (Å²) in [5, 5.41) is 0.988. The van der Waals surface area contributed by atoms with Gasteiger partial charge in [-0.15, -0.1) is 0 Å². The van der Waals surface area contributed by atoms with Gasteiger partial charge in [0.05, 0.1) is 41.8 Å². The summed E-state index contributed by atoms with van der Waals surface area (Å²) < 4.78 is 13.3. The molecule has 3 aromatic rings. The molecule has 1 atom stereocenters. The van der Waals surface area contributed by atoms with Gasteiger partial charge in [0.2, 0.25) is 5.91 Å². The summed E-state index contributed by atoms with van der Waals surface area (Å²) in [4.78, 5) is 20.5. The first-order chi connectivity index (χ1) is 13.0. The molecule has 1 saturated heterocycles. The summed E-state index contributed by atoms with van der Waals surface area (Å²) in [7, 11) is 3.66. The molecule has 2 N–H and O–H groups in total. The highest BCUT2D eigenvalue weighted by Crippen LogP contribution is 2.35. The summed E-state index contributed by atoms with van der Waals surface area (Å²) in [6, 6.07) is 7.86. The molecule has 4 rings (SSSR count). The van der Waals surface area contributed by atoms with Crippen molar-refractivity contribution in [1.29, 1.82) is 0 Å². The van der Waals surface area contributed by atoms with Crippen molar-refractivity contribution >= 4 is 16.8 Å². The maximum absolute atomic E-state index is 11.3. The molecule has 0 unspecified atom stereocenters. The highest BCUT2D eigenvalue weighted by atomic mass is 16.5. The molecule has 27 heavy (non-hydrogen) atoms. The summed E-state index contributed by atoms with van der Waals surface area (Å²) in [5.41, 5.74) is 9.13. The minimum absolute atomic E-state index is 0.113. The van der Waals surface area contributed by atoms with Crippen LogP contribution >= 0.6 is 0 Å².